The van der Waals surface area contributed by atoms with Crippen LogP contribution in [-0.4, -0.2) is 57.7 Å². The monoisotopic (exact) mass is 196 g/mol. The molecule has 0 fully saturated rings. The molecule has 5 nitrogen and oxygen atoms in total. The van der Waals surface area contributed by atoms with Gasteiger partial charge in [-0.1, -0.05) is 0 Å². The molecule has 0 aliphatic rings. The lowest BCUT2D eigenvalue weighted by molar-refractivity contribution is 0.381. The van der Waals surface area contributed by atoms with Crippen LogP contribution in [-0.2, 0) is 10.4 Å². The first-order valence-corrected chi connectivity index (χ1v) is 2.10. The van der Waals surface area contributed by atoms with E-state index in [1.807, 2.05) is 0 Å². The average Bonchev–Trinajstić information content (AvgIpc) is 0.722. The van der Waals surface area contributed by atoms with Crippen molar-refractivity contribution in [1.29, 1.82) is 0 Å². The molecule has 0 unspecified atom stereocenters. The van der Waals surface area contributed by atoms with Gasteiger partial charge in [-0.15, -0.1) is 0 Å². The van der Waals surface area contributed by atoms with Crippen LogP contribution in [0.3, 0.4) is 0 Å². The van der Waals surface area contributed by atoms with Crippen molar-refractivity contribution in [3.63, 3.8) is 0 Å². The third-order valence-corrected chi connectivity index (χ3v) is 0. The van der Waals surface area contributed by atoms with Gasteiger partial charge in [-0.3, -0.25) is 13.8 Å². The predicted octanol–water partition coefficient (Wildman–Crippen LogP) is -3.69. The Morgan fingerprint density at radius 3 is 1.00 bits per heavy atom. The Hall–Kier alpha value is 0.825. The van der Waals surface area contributed by atoms with E-state index in [4.69, 9.17) is 17.5 Å². The van der Waals surface area contributed by atoms with E-state index in [1.54, 1.807) is 0 Å². The van der Waals surface area contributed by atoms with Crippen LogP contribution < -0.4 is 0 Å². The molecule has 0 aliphatic heterocycles. The molecule has 0 bridgehead atoms. The largest absolute Gasteiger partial charge is 0.412 e. The molecule has 0 aromatic heterocycles. The zero-order valence-corrected chi connectivity index (χ0v) is 3.84. The van der Waals surface area contributed by atoms with E-state index in [9.17, 15) is 0 Å². The lowest BCUT2D eigenvalue weighted by Crippen LogP contribution is -1.89. The second kappa shape index (κ2) is 11.6. The number of halogens is 1. The van der Waals surface area contributed by atoms with Gasteiger partial charge in [0.05, 0.1) is 0 Å². The third-order valence-electron chi connectivity index (χ3n) is 0. The normalized spacial score (nSPS) is 6.44. The Kier molecular flexibility index (Phi) is 42.4. The van der Waals surface area contributed by atoms with Gasteiger partial charge < -0.3 is 5.48 Å². The van der Waals surface area contributed by atoms with Crippen molar-refractivity contribution in [3.05, 3.63) is 0 Å². The molecule has 0 spiro atoms. The fraction of sp³-hybridized carbons (Fsp3) is 0. The highest BCUT2D eigenvalue weighted by Crippen LogP contribution is 1.59. The van der Waals surface area contributed by atoms with Crippen molar-refractivity contribution in [2.45, 2.75) is 0 Å². The van der Waals surface area contributed by atoms with Crippen LogP contribution in [0.15, 0.2) is 0 Å². The maximum absolute atomic E-state index is 8.74. The van der Waals surface area contributed by atoms with Gasteiger partial charge in [0, 0.05) is 0 Å². The second-order valence-electron chi connectivity index (χ2n) is 0.448. The fourth-order valence-electron chi connectivity index (χ4n) is 0. The first-order chi connectivity index (χ1) is 2.00. The Labute approximate surface area is 73.0 Å². The molecule has 0 amide bonds. The highest BCUT2D eigenvalue weighted by molar-refractivity contribution is 7.79. The molecule has 0 radical (unpaired) electrons. The minimum absolute atomic E-state index is 0. The highest BCUT2D eigenvalue weighted by atomic mass is 32.3. The average molecular weight is 196 g/mol. The summed E-state index contributed by atoms with van der Waals surface area (Å²) in [5.41, 5.74) is 0. The van der Waals surface area contributed by atoms with Gasteiger partial charge in [0.2, 0.25) is 0 Å². The maximum atomic E-state index is 8.74. The Balaban J connectivity index is -0.0000000133. The van der Waals surface area contributed by atoms with Crippen molar-refractivity contribution >= 4 is 45.1 Å². The number of rotatable bonds is 0. The first-order valence-electron chi connectivity index (χ1n) is 0.698. The van der Waals surface area contributed by atoms with Crippen molar-refractivity contribution in [3.8, 4) is 0 Å². The van der Waals surface area contributed by atoms with Crippen LogP contribution in [0.4, 0.5) is 4.70 Å². The Morgan fingerprint density at radius 1 is 1.00 bits per heavy atom. The Bertz CT molecular complexity index is 98.1. The lowest BCUT2D eigenvalue weighted by atomic mass is 15.8. The third kappa shape index (κ3) is 604. The second-order valence-corrected chi connectivity index (χ2v) is 1.34. The molecule has 0 aliphatic carbocycles. The smallest absolute Gasteiger partial charge is 0.394 e. The quantitative estimate of drug-likeness (QED) is 0.307. The van der Waals surface area contributed by atoms with Crippen LogP contribution in [0.1, 0.15) is 0 Å². The summed E-state index contributed by atoms with van der Waals surface area (Å²) in [6.07, 6.45) is 0. The van der Waals surface area contributed by atoms with E-state index in [2.05, 4.69) is 0 Å². The topological polar surface area (TPSA) is 106 Å². The zero-order valence-electron chi connectivity index (χ0n) is 3.03. The van der Waals surface area contributed by atoms with Crippen molar-refractivity contribution < 1.29 is 27.7 Å². The molecule has 0 aromatic carbocycles. The van der Waals surface area contributed by atoms with Crippen molar-refractivity contribution in [1.82, 2.24) is 0 Å². The maximum Gasteiger partial charge on any atom is 0.394 e. The Morgan fingerprint density at radius 2 is 1.00 bits per heavy atom. The number of hydrogen-bond acceptors (Lipinski definition) is 2. The molecule has 0 atom stereocenters. The summed E-state index contributed by atoms with van der Waals surface area (Å²) in [4.78, 5) is 0. The van der Waals surface area contributed by atoms with Gasteiger partial charge >= 0.3 is 10.4 Å². The molecule has 9 heteroatoms. The summed E-state index contributed by atoms with van der Waals surface area (Å²) in [5.74, 6) is 0. The summed E-state index contributed by atoms with van der Waals surface area (Å²) < 4.78 is 31.6. The molecule has 9 heavy (non-hydrogen) atoms. The fourth-order valence-corrected chi connectivity index (χ4v) is 0. The zero-order chi connectivity index (χ0) is 4.50. The van der Waals surface area contributed by atoms with E-state index >= 15 is 0 Å². The minimum atomic E-state index is -4.67. The number of hydrogen-bond donors (Lipinski definition) is 2. The van der Waals surface area contributed by atoms with E-state index in [0.29, 0.717) is 0 Å². The lowest BCUT2D eigenvalue weighted by Gasteiger charge is -1.68. The van der Waals surface area contributed by atoms with Gasteiger partial charge in [-0.25, -0.2) is 0 Å². The van der Waals surface area contributed by atoms with Gasteiger partial charge in [-0.2, -0.15) is 8.42 Å². The molecule has 0 saturated heterocycles. The van der Waals surface area contributed by atoms with E-state index < -0.39 is 10.4 Å². The van der Waals surface area contributed by atoms with E-state index in [0.717, 1.165) is 0 Å². The van der Waals surface area contributed by atoms with Crippen LogP contribution in [0.5, 0.6) is 0 Å². The van der Waals surface area contributed by atoms with Gasteiger partial charge in [0.1, 0.15) is 0 Å². The summed E-state index contributed by atoms with van der Waals surface area (Å²) in [5, 5.41) is 0. The van der Waals surface area contributed by atoms with Gasteiger partial charge in [-0.05, 0) is 0 Å². The minimum Gasteiger partial charge on any atom is -0.412 e. The predicted molar refractivity (Wildman–Crippen MR) is 40.2 cm³/mol. The molecule has 4 N–H and O–H groups in total. The summed E-state index contributed by atoms with van der Waals surface area (Å²) in [6, 6.07) is 0. The molecule has 0 saturated carbocycles. The molecular formula is H11Al2FO5S. The standard InChI is InChI=1S/2Al.FH.H2O4S.H2O.6H/c;;;1-5(2,3)4;;;;;;;/h;;1H;(H2,1,2,3,4);1H2;;;;;;. The molecule has 60 valence electrons. The summed E-state index contributed by atoms with van der Waals surface area (Å²) >= 11 is 0. The van der Waals surface area contributed by atoms with Crippen molar-refractivity contribution in [2.24, 2.45) is 0 Å². The first kappa shape index (κ1) is 32.9. The summed E-state index contributed by atoms with van der Waals surface area (Å²) in [6.45, 7) is 0. The van der Waals surface area contributed by atoms with E-state index in [-0.39, 0.29) is 44.9 Å². The van der Waals surface area contributed by atoms with Crippen LogP contribution in [0, 0.1) is 0 Å². The summed E-state index contributed by atoms with van der Waals surface area (Å²) in [7, 11) is -4.67. The van der Waals surface area contributed by atoms with Crippen LogP contribution in [0.2, 0.25) is 0 Å². The molecule has 0 heterocycles. The molecular weight excluding hydrogens is 185 g/mol. The van der Waals surface area contributed by atoms with Crippen molar-refractivity contribution in [2.75, 3.05) is 0 Å². The molecule has 0 aromatic rings. The van der Waals surface area contributed by atoms with Gasteiger partial charge in [0.15, 0.2) is 34.7 Å². The molecule has 0 rings (SSSR count). The van der Waals surface area contributed by atoms with Crippen LogP contribution >= 0.6 is 0 Å². The highest BCUT2D eigenvalue weighted by Gasteiger charge is 1.84. The van der Waals surface area contributed by atoms with E-state index in [1.165, 1.54) is 0 Å². The van der Waals surface area contributed by atoms with Crippen LogP contribution in [0.25, 0.3) is 0 Å². The SMILES string of the molecule is F.O.O=S(=O)(O)O.[AlH3].[AlH3]. The van der Waals surface area contributed by atoms with Gasteiger partial charge in [0.25, 0.3) is 0 Å².